The van der Waals surface area contributed by atoms with Crippen LogP contribution in [0.15, 0.2) is 48.5 Å². The van der Waals surface area contributed by atoms with Crippen LogP contribution in [0.3, 0.4) is 0 Å². The van der Waals surface area contributed by atoms with E-state index in [1.165, 1.54) is 17.1 Å². The molecule has 2 aromatic rings. The molecule has 5 heteroatoms. The zero-order valence-electron chi connectivity index (χ0n) is 13.0. The molecular weight excluding hydrogens is 326 g/mol. The van der Waals surface area contributed by atoms with Gasteiger partial charge in [0.05, 0.1) is 18.1 Å². The molecule has 1 heterocycles. The third-order valence-electron chi connectivity index (χ3n) is 3.61. The molecule has 0 atom stereocenters. The molecule has 3 rings (SSSR count). The maximum Gasteiger partial charge on any atom is 0.228 e. The van der Waals surface area contributed by atoms with Gasteiger partial charge in [-0.2, -0.15) is 0 Å². The lowest BCUT2D eigenvalue weighted by molar-refractivity contribution is -0.115. The molecule has 0 saturated carbocycles. The van der Waals surface area contributed by atoms with E-state index in [9.17, 15) is 4.79 Å². The summed E-state index contributed by atoms with van der Waals surface area (Å²) in [6.07, 6.45) is 0.307. The Labute approximate surface area is 145 Å². The van der Waals surface area contributed by atoms with E-state index >= 15 is 0 Å². The van der Waals surface area contributed by atoms with Crippen molar-refractivity contribution in [2.45, 2.75) is 11.0 Å². The molecule has 1 amide bonds. The summed E-state index contributed by atoms with van der Waals surface area (Å²) in [6.45, 7) is 0. The summed E-state index contributed by atoms with van der Waals surface area (Å²) in [5, 5.41) is 2.99. The van der Waals surface area contributed by atoms with Crippen LogP contribution in [0.1, 0.15) is 15.7 Å². The maximum absolute atomic E-state index is 12.3. The standard InChI is InChI=1S/C18H19NO2S2/c1-21-16-8-3-2-5-13(16)12-17(20)19-15-7-4-6-14(11-15)18-22-9-10-23-18/h2-8,11,18H,9-10,12H2,1H3,(H,19,20). The van der Waals surface area contributed by atoms with Crippen LogP contribution in [0.4, 0.5) is 5.69 Å². The minimum Gasteiger partial charge on any atom is -0.496 e. The summed E-state index contributed by atoms with van der Waals surface area (Å²) in [5.74, 6) is 3.10. The van der Waals surface area contributed by atoms with Gasteiger partial charge in [0, 0.05) is 22.8 Å². The first-order chi connectivity index (χ1) is 11.3. The average Bonchev–Trinajstić information content (AvgIpc) is 3.10. The number of hydrogen-bond donors (Lipinski definition) is 1. The molecule has 0 bridgehead atoms. The van der Waals surface area contributed by atoms with E-state index < -0.39 is 0 Å². The third kappa shape index (κ3) is 4.24. The Balaban J connectivity index is 1.67. The normalized spacial score (nSPS) is 14.7. The van der Waals surface area contributed by atoms with Crippen molar-refractivity contribution in [3.63, 3.8) is 0 Å². The fourth-order valence-corrected chi connectivity index (χ4v) is 5.38. The second-order valence-corrected chi connectivity index (χ2v) is 7.96. The molecule has 0 unspecified atom stereocenters. The second-order valence-electron chi connectivity index (χ2n) is 5.24. The van der Waals surface area contributed by atoms with Gasteiger partial charge in [-0.3, -0.25) is 4.79 Å². The van der Waals surface area contributed by atoms with Crippen molar-refractivity contribution in [2.24, 2.45) is 0 Å². The molecule has 3 nitrogen and oxygen atoms in total. The van der Waals surface area contributed by atoms with Crippen molar-refractivity contribution in [1.29, 1.82) is 0 Å². The highest BCUT2D eigenvalue weighted by molar-refractivity contribution is 8.19. The highest BCUT2D eigenvalue weighted by Crippen LogP contribution is 2.45. The molecule has 1 aliphatic rings. The van der Waals surface area contributed by atoms with Crippen LogP contribution in [0.2, 0.25) is 0 Å². The quantitative estimate of drug-likeness (QED) is 0.874. The van der Waals surface area contributed by atoms with Crippen molar-refractivity contribution in [3.8, 4) is 5.75 Å². The van der Waals surface area contributed by atoms with Crippen LogP contribution in [0.25, 0.3) is 0 Å². The highest BCUT2D eigenvalue weighted by atomic mass is 32.2. The number of ether oxygens (including phenoxy) is 1. The zero-order valence-corrected chi connectivity index (χ0v) is 14.6. The second kappa shape index (κ2) is 7.79. The van der Waals surface area contributed by atoms with Crippen molar-refractivity contribution < 1.29 is 9.53 Å². The third-order valence-corrected chi connectivity index (χ3v) is 6.71. The summed E-state index contributed by atoms with van der Waals surface area (Å²) in [7, 11) is 1.62. The van der Waals surface area contributed by atoms with Crippen LogP contribution >= 0.6 is 23.5 Å². The van der Waals surface area contributed by atoms with Gasteiger partial charge in [-0.15, -0.1) is 23.5 Å². The Morgan fingerprint density at radius 3 is 2.74 bits per heavy atom. The van der Waals surface area contributed by atoms with E-state index in [0.717, 1.165) is 17.0 Å². The van der Waals surface area contributed by atoms with Crippen LogP contribution in [-0.4, -0.2) is 24.5 Å². The number of rotatable bonds is 5. The van der Waals surface area contributed by atoms with E-state index in [4.69, 9.17) is 4.74 Å². The van der Waals surface area contributed by atoms with Gasteiger partial charge in [0.1, 0.15) is 5.75 Å². The monoisotopic (exact) mass is 345 g/mol. The smallest absolute Gasteiger partial charge is 0.228 e. The minimum atomic E-state index is -0.0293. The Morgan fingerprint density at radius 1 is 1.17 bits per heavy atom. The van der Waals surface area contributed by atoms with Crippen molar-refractivity contribution in [1.82, 2.24) is 0 Å². The van der Waals surface area contributed by atoms with Gasteiger partial charge < -0.3 is 10.1 Å². The lowest BCUT2D eigenvalue weighted by Gasteiger charge is -2.12. The lowest BCUT2D eigenvalue weighted by Crippen LogP contribution is -2.15. The molecule has 1 saturated heterocycles. The molecule has 0 aromatic heterocycles. The predicted molar refractivity (Wildman–Crippen MR) is 99.4 cm³/mol. The molecule has 0 aliphatic carbocycles. The van der Waals surface area contributed by atoms with Gasteiger partial charge in [-0.25, -0.2) is 0 Å². The minimum absolute atomic E-state index is 0.0293. The van der Waals surface area contributed by atoms with Gasteiger partial charge in [-0.05, 0) is 23.8 Å². The van der Waals surface area contributed by atoms with Crippen LogP contribution in [0, 0.1) is 0 Å². The predicted octanol–water partition coefficient (Wildman–Crippen LogP) is 4.36. The Bertz CT molecular complexity index is 684. The fourth-order valence-electron chi connectivity index (χ4n) is 2.54. The van der Waals surface area contributed by atoms with E-state index in [1.807, 2.05) is 59.9 Å². The highest BCUT2D eigenvalue weighted by Gasteiger charge is 2.18. The number of hydrogen-bond acceptors (Lipinski definition) is 4. The summed E-state index contributed by atoms with van der Waals surface area (Å²) >= 11 is 3.93. The molecule has 0 radical (unpaired) electrons. The SMILES string of the molecule is COc1ccccc1CC(=O)Nc1cccc(C2SCCS2)c1. The first kappa shape index (κ1) is 16.3. The van der Waals surface area contributed by atoms with Gasteiger partial charge in [-0.1, -0.05) is 30.3 Å². The van der Waals surface area contributed by atoms with Crippen molar-refractivity contribution in [3.05, 3.63) is 59.7 Å². The number of thioether (sulfide) groups is 2. The maximum atomic E-state index is 12.3. The Hall–Kier alpha value is -1.59. The summed E-state index contributed by atoms with van der Waals surface area (Å²) in [6, 6.07) is 15.8. The number of benzene rings is 2. The number of carbonyl (C=O) groups excluding carboxylic acids is 1. The Morgan fingerprint density at radius 2 is 1.96 bits per heavy atom. The summed E-state index contributed by atoms with van der Waals surface area (Å²) in [5.41, 5.74) is 3.02. The molecule has 1 N–H and O–H groups in total. The molecule has 1 fully saturated rings. The summed E-state index contributed by atoms with van der Waals surface area (Å²) < 4.78 is 5.78. The molecule has 120 valence electrons. The molecule has 0 spiro atoms. The molecule has 23 heavy (non-hydrogen) atoms. The molecule has 2 aromatic carbocycles. The van der Waals surface area contributed by atoms with Crippen molar-refractivity contribution >= 4 is 35.1 Å². The van der Waals surface area contributed by atoms with E-state index in [-0.39, 0.29) is 5.91 Å². The van der Waals surface area contributed by atoms with Crippen LogP contribution < -0.4 is 10.1 Å². The van der Waals surface area contributed by atoms with E-state index in [2.05, 4.69) is 17.4 Å². The van der Waals surface area contributed by atoms with Crippen molar-refractivity contribution in [2.75, 3.05) is 23.9 Å². The van der Waals surface area contributed by atoms with Gasteiger partial charge in [0.15, 0.2) is 0 Å². The number of nitrogens with one attached hydrogen (secondary N) is 1. The molecular formula is C18H19NO2S2. The lowest BCUT2D eigenvalue weighted by atomic mass is 10.1. The zero-order chi connectivity index (χ0) is 16.1. The number of anilines is 1. The van der Waals surface area contributed by atoms with Gasteiger partial charge >= 0.3 is 0 Å². The average molecular weight is 345 g/mol. The molecule has 1 aliphatic heterocycles. The largest absolute Gasteiger partial charge is 0.496 e. The van der Waals surface area contributed by atoms with Crippen LogP contribution in [-0.2, 0) is 11.2 Å². The van der Waals surface area contributed by atoms with Gasteiger partial charge in [0.2, 0.25) is 5.91 Å². The first-order valence-corrected chi connectivity index (χ1v) is 9.61. The summed E-state index contributed by atoms with van der Waals surface area (Å²) in [4.78, 5) is 12.3. The van der Waals surface area contributed by atoms with Crippen LogP contribution in [0.5, 0.6) is 5.75 Å². The number of amides is 1. The number of para-hydroxylation sites is 1. The number of methoxy groups -OCH3 is 1. The fraction of sp³-hybridized carbons (Fsp3) is 0.278. The van der Waals surface area contributed by atoms with E-state index in [1.54, 1.807) is 7.11 Å². The van der Waals surface area contributed by atoms with E-state index in [0.29, 0.717) is 11.0 Å². The number of carbonyl (C=O) groups is 1. The Kier molecular flexibility index (Phi) is 5.51. The topological polar surface area (TPSA) is 38.3 Å². The van der Waals surface area contributed by atoms with Gasteiger partial charge in [0.25, 0.3) is 0 Å². The first-order valence-electron chi connectivity index (χ1n) is 7.51.